The first-order chi connectivity index (χ1) is 14.8. The maximum absolute atomic E-state index is 12.2. The van der Waals surface area contributed by atoms with Crippen LogP contribution in [0.25, 0.3) is 0 Å². The molecule has 1 N–H and O–H groups in total. The zero-order valence-corrected chi connectivity index (χ0v) is 22.3. The zero-order chi connectivity index (χ0) is 22.0. The first kappa shape index (κ1) is 21.8. The Morgan fingerprint density at radius 3 is 2.68 bits per heavy atom. The van der Waals surface area contributed by atoms with Gasteiger partial charge in [-0.3, -0.25) is 0 Å². The summed E-state index contributed by atoms with van der Waals surface area (Å²) >= 11 is 0.705. The van der Waals surface area contributed by atoms with Gasteiger partial charge in [0.05, 0.1) is 4.90 Å². The Morgan fingerprint density at radius 1 is 1.23 bits per heavy atom. The van der Waals surface area contributed by atoms with Gasteiger partial charge in [-0.1, -0.05) is 12.1 Å². The molecule has 31 heavy (non-hydrogen) atoms. The molecule has 3 aromatic rings. The second kappa shape index (κ2) is 8.99. The minimum Gasteiger partial charge on any atom is -0.0543 e. The second-order valence-electron chi connectivity index (χ2n) is 7.44. The molecule has 2 aromatic carbocycles. The van der Waals surface area contributed by atoms with Crippen LogP contribution in [-0.2, 0) is 34.1 Å². The van der Waals surface area contributed by atoms with E-state index in [1.54, 1.807) is 12.1 Å². The van der Waals surface area contributed by atoms with Crippen molar-refractivity contribution in [3.8, 4) is 0 Å². The summed E-state index contributed by atoms with van der Waals surface area (Å²) in [6.07, 6.45) is 5.49. The molecule has 0 saturated carbocycles. The van der Waals surface area contributed by atoms with Gasteiger partial charge in [0.1, 0.15) is 0 Å². The maximum Gasteiger partial charge on any atom is -0.0431 e. The van der Waals surface area contributed by atoms with E-state index in [0.717, 1.165) is 37.1 Å². The number of ether oxygens (including phenoxy) is 1. The van der Waals surface area contributed by atoms with Crippen molar-refractivity contribution in [2.45, 2.75) is 24.5 Å². The van der Waals surface area contributed by atoms with Gasteiger partial charge in [-0.2, -0.15) is 0 Å². The van der Waals surface area contributed by atoms with Crippen LogP contribution in [0.1, 0.15) is 16.8 Å². The number of imidazole rings is 1. The van der Waals surface area contributed by atoms with Gasteiger partial charge in [0, 0.05) is 6.26 Å². The van der Waals surface area contributed by atoms with E-state index in [9.17, 15) is 13.2 Å². The van der Waals surface area contributed by atoms with E-state index in [4.69, 9.17) is 4.74 Å². The number of carbonyl (C=O) groups excluding carboxylic acids is 1. The third-order valence-corrected chi connectivity index (χ3v) is 7.28. The minimum atomic E-state index is -3.25. The monoisotopic (exact) mass is 630 g/mol. The molecular weight excluding hydrogens is 609 g/mol. The number of anilines is 2. The zero-order valence-electron chi connectivity index (χ0n) is 17.0. The van der Waals surface area contributed by atoms with Crippen LogP contribution in [0.15, 0.2) is 59.9 Å². The van der Waals surface area contributed by atoms with E-state index < -0.39 is 15.9 Å². The van der Waals surface area contributed by atoms with Crippen LogP contribution in [0.4, 0.5) is 16.2 Å². The molecule has 0 aliphatic carbocycles. The molecule has 1 aromatic heterocycles. The van der Waals surface area contributed by atoms with Gasteiger partial charge in [-0.25, -0.2) is 8.42 Å². The fraction of sp³-hybridized carbons (Fsp3) is 0.238. The summed E-state index contributed by atoms with van der Waals surface area (Å²) in [6.45, 7) is 1.71. The van der Waals surface area contributed by atoms with Crippen molar-refractivity contribution in [1.82, 2.24) is 7.36 Å². The summed E-state index contributed by atoms with van der Waals surface area (Å²) < 4.78 is 30.4. The number of fused-ring (bicyclic) bond motifs is 1. The third-order valence-electron chi connectivity index (χ3n) is 5.05. The maximum atomic E-state index is 12.2. The average Bonchev–Trinajstić information content (AvgIpc) is 3.32. The fourth-order valence-corrected chi connectivity index (χ4v) is 5.04. The molecule has 0 bridgehead atoms. The SMILES string of the molecule is CS(=O)(=O)c1ccc(COC(=O)Nc2ccc3c(c2)N(Cc2c[n]([Tl])cn2)CC3)cc1. The molecule has 0 saturated heterocycles. The van der Waals surface area contributed by atoms with Crippen LogP contribution in [0.5, 0.6) is 0 Å². The van der Waals surface area contributed by atoms with Crippen LogP contribution in [0.2, 0.25) is 0 Å². The van der Waals surface area contributed by atoms with Crippen molar-refractivity contribution in [1.29, 1.82) is 0 Å². The summed E-state index contributed by atoms with van der Waals surface area (Å²) in [7, 11) is -3.25. The topological polar surface area (TPSA) is 93.5 Å². The van der Waals surface area contributed by atoms with Gasteiger partial charge in [0.25, 0.3) is 0 Å². The number of benzene rings is 2. The molecule has 1 aliphatic heterocycles. The van der Waals surface area contributed by atoms with E-state index in [2.05, 4.69) is 23.8 Å². The Bertz CT molecular complexity index is 1210. The summed E-state index contributed by atoms with van der Waals surface area (Å²) in [6, 6.07) is 12.1. The quantitative estimate of drug-likeness (QED) is 0.422. The number of amides is 1. The normalized spacial score (nSPS) is 13.1. The molecule has 0 unspecified atom stereocenters. The number of rotatable bonds is 6. The van der Waals surface area contributed by atoms with Gasteiger partial charge in [-0.15, -0.1) is 0 Å². The Balaban J connectivity index is 1.36. The van der Waals surface area contributed by atoms with Crippen molar-refractivity contribution < 1.29 is 17.9 Å². The summed E-state index contributed by atoms with van der Waals surface area (Å²) in [5, 5.41) is 2.77. The molecule has 0 spiro atoms. The smallest absolute Gasteiger partial charge is 0.0431 e. The predicted octanol–water partition coefficient (Wildman–Crippen LogP) is 2.53. The van der Waals surface area contributed by atoms with Crippen LogP contribution < -0.4 is 10.2 Å². The van der Waals surface area contributed by atoms with Gasteiger partial charge in [-0.05, 0) is 17.7 Å². The Morgan fingerprint density at radius 2 is 2.00 bits per heavy atom. The standard InChI is InChI=1S/C21H22N4O4S.Tl/c1-30(27,28)19-6-2-15(3-7-19)13-29-21(26)24-17-5-4-16-8-9-25(20(16)10-17)12-18-11-22-14-23-18;/h2-7,10-11,14H,8-9,12-13H2,1H3,(H2,22,23,24,26);/q;+1/p-1. The number of nitrogens with one attached hydrogen (secondary N) is 1. The van der Waals surface area contributed by atoms with Crippen LogP contribution in [0, 0.1) is 0 Å². The van der Waals surface area contributed by atoms with Crippen LogP contribution in [0.3, 0.4) is 0 Å². The van der Waals surface area contributed by atoms with Crippen molar-refractivity contribution in [3.05, 3.63) is 71.8 Å². The third kappa shape index (κ3) is 5.45. The minimum absolute atomic E-state index is 0.0522. The molecule has 8 nitrogen and oxygen atoms in total. The van der Waals surface area contributed by atoms with E-state index in [0.29, 0.717) is 37.3 Å². The van der Waals surface area contributed by atoms with Crippen LogP contribution >= 0.6 is 0 Å². The molecule has 0 fully saturated rings. The van der Waals surface area contributed by atoms with E-state index >= 15 is 0 Å². The predicted molar refractivity (Wildman–Crippen MR) is 118 cm³/mol. The van der Waals surface area contributed by atoms with E-state index in [1.165, 1.54) is 17.7 Å². The largest absolute Gasteiger partial charge is 0.0543 e. The summed E-state index contributed by atoms with van der Waals surface area (Å²) in [5.74, 6) is 0. The first-order valence-corrected chi connectivity index (χ1v) is 13.6. The number of hydrogen-bond donors (Lipinski definition) is 1. The number of nitrogens with zero attached hydrogens (tertiary/aromatic N) is 3. The molecule has 2 heterocycles. The molecule has 0 atom stereocenters. The second-order valence-corrected chi connectivity index (χ2v) is 11.8. The van der Waals surface area contributed by atoms with Gasteiger partial charge >= 0.3 is 139 Å². The Kier molecular flexibility index (Phi) is 6.32. The summed E-state index contributed by atoms with van der Waals surface area (Å²) in [5.41, 5.74) is 4.76. The number of aromatic nitrogens is 2. The molecule has 1 aliphatic rings. The Labute approximate surface area is 197 Å². The molecule has 4 rings (SSSR count). The average molecular weight is 630 g/mol. The van der Waals surface area contributed by atoms with E-state index in [-0.39, 0.29) is 11.5 Å². The number of carbonyl (C=O) groups is 1. The van der Waals surface area contributed by atoms with Crippen molar-refractivity contribution in [3.63, 3.8) is 0 Å². The fourth-order valence-electron chi connectivity index (χ4n) is 3.48. The van der Waals surface area contributed by atoms with Crippen LogP contribution in [-0.4, -0.2) is 60.7 Å². The molecule has 10 heteroatoms. The molecule has 1 amide bonds. The molecule has 0 radical (unpaired) electrons. The molecule has 158 valence electrons. The Hall–Kier alpha value is -2.41. The van der Waals surface area contributed by atoms with E-state index in [1.807, 2.05) is 24.5 Å². The molecular formula is C21H21N4O4STl. The van der Waals surface area contributed by atoms with Crippen molar-refractivity contribution in [2.24, 2.45) is 0 Å². The van der Waals surface area contributed by atoms with Gasteiger partial charge in [0.15, 0.2) is 9.84 Å². The number of sulfone groups is 1. The van der Waals surface area contributed by atoms with Gasteiger partial charge < -0.3 is 0 Å². The van der Waals surface area contributed by atoms with Crippen molar-refractivity contribution >= 4 is 53.4 Å². The van der Waals surface area contributed by atoms with Gasteiger partial charge in [0.2, 0.25) is 0 Å². The first-order valence-electron chi connectivity index (χ1n) is 9.66. The number of hydrogen-bond acceptors (Lipinski definition) is 6. The summed E-state index contributed by atoms with van der Waals surface area (Å²) in [4.78, 5) is 19.2. The van der Waals surface area contributed by atoms with Crippen molar-refractivity contribution in [2.75, 3.05) is 23.0 Å².